The third-order valence-corrected chi connectivity index (χ3v) is 9.37. The zero-order valence-corrected chi connectivity index (χ0v) is 20.3. The van der Waals surface area contributed by atoms with E-state index in [2.05, 4.69) is 6.07 Å². The number of methoxy groups -OCH3 is 2. The molecule has 7 nitrogen and oxygen atoms in total. The maximum Gasteiger partial charge on any atom is 0.264 e. The number of amides is 1. The molecule has 1 aliphatic heterocycles. The normalized spacial score (nSPS) is 17.9. The van der Waals surface area contributed by atoms with Gasteiger partial charge in [-0.3, -0.25) is 4.79 Å². The van der Waals surface area contributed by atoms with Crippen molar-refractivity contribution in [3.63, 3.8) is 0 Å². The van der Waals surface area contributed by atoms with Gasteiger partial charge >= 0.3 is 0 Å². The summed E-state index contributed by atoms with van der Waals surface area (Å²) in [7, 11) is -0.828. The first-order valence-corrected chi connectivity index (χ1v) is 13.3. The molecule has 2 heterocycles. The molecule has 1 aromatic carbocycles. The summed E-state index contributed by atoms with van der Waals surface area (Å²) >= 11 is 1.62. The zero-order chi connectivity index (χ0) is 22.7. The van der Waals surface area contributed by atoms with Crippen molar-refractivity contribution < 1.29 is 22.7 Å². The molecule has 0 bridgehead atoms. The number of aryl methyl sites for hydroxylation is 2. The molecular weight excluding hydrogens is 448 g/mol. The van der Waals surface area contributed by atoms with Gasteiger partial charge in [0.05, 0.1) is 19.1 Å². The van der Waals surface area contributed by atoms with Gasteiger partial charge in [0.25, 0.3) is 5.91 Å². The van der Waals surface area contributed by atoms with E-state index in [0.29, 0.717) is 18.8 Å². The van der Waals surface area contributed by atoms with E-state index < -0.39 is 10.0 Å². The summed E-state index contributed by atoms with van der Waals surface area (Å²) in [4.78, 5) is 17.1. The molecule has 0 atom stereocenters. The summed E-state index contributed by atoms with van der Waals surface area (Å²) in [6.07, 6.45) is 6.99. The highest BCUT2D eigenvalue weighted by molar-refractivity contribution is 7.89. The van der Waals surface area contributed by atoms with Crippen molar-refractivity contribution in [2.24, 2.45) is 0 Å². The Bertz CT molecular complexity index is 1050. The van der Waals surface area contributed by atoms with Crippen molar-refractivity contribution >= 4 is 27.3 Å². The molecule has 9 heteroatoms. The molecular formula is C23H30N2O5S2. The van der Waals surface area contributed by atoms with Gasteiger partial charge in [0, 0.05) is 37.1 Å². The molecule has 1 saturated heterocycles. The van der Waals surface area contributed by atoms with Crippen LogP contribution in [0, 0.1) is 0 Å². The Morgan fingerprint density at radius 3 is 2.34 bits per heavy atom. The molecule has 1 aromatic heterocycles. The lowest BCUT2D eigenvalue weighted by Gasteiger charge is -2.34. The molecule has 0 radical (unpaired) electrons. The van der Waals surface area contributed by atoms with Crippen molar-refractivity contribution in [1.82, 2.24) is 9.21 Å². The van der Waals surface area contributed by atoms with Gasteiger partial charge in [0.2, 0.25) is 10.0 Å². The summed E-state index contributed by atoms with van der Waals surface area (Å²) in [6.45, 7) is 1.24. The minimum Gasteiger partial charge on any atom is -0.497 e. The number of benzene rings is 1. The molecule has 0 spiro atoms. The van der Waals surface area contributed by atoms with E-state index in [1.165, 1.54) is 60.7 Å². The van der Waals surface area contributed by atoms with Crippen LogP contribution in [0.2, 0.25) is 0 Å². The first-order chi connectivity index (χ1) is 15.4. The number of carbonyl (C=O) groups excluding carboxylic acids is 1. The van der Waals surface area contributed by atoms with Crippen LogP contribution in [0.4, 0.5) is 0 Å². The molecule has 1 amide bonds. The second-order valence-corrected chi connectivity index (χ2v) is 11.2. The van der Waals surface area contributed by atoms with E-state index in [4.69, 9.17) is 9.47 Å². The quantitative estimate of drug-likeness (QED) is 0.657. The number of ether oxygens (including phenoxy) is 2. The monoisotopic (exact) mass is 478 g/mol. The summed E-state index contributed by atoms with van der Waals surface area (Å²) in [5, 5.41) is 0. The van der Waals surface area contributed by atoms with E-state index >= 15 is 0 Å². The summed E-state index contributed by atoms with van der Waals surface area (Å²) in [6, 6.07) is 6.80. The predicted molar refractivity (Wildman–Crippen MR) is 124 cm³/mol. The first kappa shape index (κ1) is 23.1. The number of piperazine rings is 1. The van der Waals surface area contributed by atoms with Gasteiger partial charge in [0.15, 0.2) is 0 Å². The van der Waals surface area contributed by atoms with E-state index in [9.17, 15) is 13.2 Å². The smallest absolute Gasteiger partial charge is 0.264 e. The van der Waals surface area contributed by atoms with Gasteiger partial charge in [-0.05, 0) is 49.4 Å². The molecule has 2 aromatic rings. The van der Waals surface area contributed by atoms with E-state index in [1.54, 1.807) is 28.4 Å². The van der Waals surface area contributed by atoms with Crippen molar-refractivity contribution in [3.05, 3.63) is 39.6 Å². The van der Waals surface area contributed by atoms with Gasteiger partial charge in [-0.15, -0.1) is 11.3 Å². The summed E-state index contributed by atoms with van der Waals surface area (Å²) in [5.74, 6) is 0.740. The number of hydrogen-bond donors (Lipinski definition) is 0. The molecule has 4 rings (SSSR count). The fourth-order valence-electron chi connectivity index (χ4n) is 4.36. The summed E-state index contributed by atoms with van der Waals surface area (Å²) < 4.78 is 38.4. The molecule has 1 aliphatic carbocycles. The van der Waals surface area contributed by atoms with Gasteiger partial charge in [-0.1, -0.05) is 12.8 Å². The highest BCUT2D eigenvalue weighted by Crippen LogP contribution is 2.32. The number of nitrogens with zero attached hydrogens (tertiary/aromatic N) is 2. The number of fused-ring (bicyclic) bond motifs is 1. The zero-order valence-electron chi connectivity index (χ0n) is 18.6. The third kappa shape index (κ3) is 4.65. The first-order valence-electron chi connectivity index (χ1n) is 11.1. The van der Waals surface area contributed by atoms with Crippen LogP contribution in [0.3, 0.4) is 0 Å². The third-order valence-electron chi connectivity index (χ3n) is 6.22. The largest absolute Gasteiger partial charge is 0.497 e. The lowest BCUT2D eigenvalue weighted by Crippen LogP contribution is -2.50. The van der Waals surface area contributed by atoms with Crippen LogP contribution in [-0.4, -0.2) is 63.9 Å². The average Bonchev–Trinajstić information content (AvgIpc) is 3.19. The minimum absolute atomic E-state index is 0.0118. The van der Waals surface area contributed by atoms with Crippen LogP contribution in [0.25, 0.3) is 0 Å². The highest BCUT2D eigenvalue weighted by Gasteiger charge is 2.33. The van der Waals surface area contributed by atoms with E-state index in [-0.39, 0.29) is 29.6 Å². The number of rotatable bonds is 5. The molecule has 32 heavy (non-hydrogen) atoms. The predicted octanol–water partition coefficient (Wildman–Crippen LogP) is 3.57. The van der Waals surface area contributed by atoms with Crippen LogP contribution in [-0.2, 0) is 22.9 Å². The SMILES string of the molecule is COc1ccc(OC)c(S(=O)(=O)N2CCN(C(=O)c3cc4c(s3)CCCCCC4)CC2)c1. The van der Waals surface area contributed by atoms with Crippen LogP contribution < -0.4 is 9.47 Å². The minimum atomic E-state index is -3.77. The van der Waals surface area contributed by atoms with Gasteiger partial charge in [0.1, 0.15) is 16.4 Å². The number of thiophene rings is 1. The van der Waals surface area contributed by atoms with Gasteiger partial charge in [-0.25, -0.2) is 8.42 Å². The Kier molecular flexibility index (Phi) is 7.07. The number of carbonyl (C=O) groups is 1. The maximum atomic E-state index is 13.3. The topological polar surface area (TPSA) is 76.2 Å². The lowest BCUT2D eigenvalue weighted by molar-refractivity contribution is 0.0702. The van der Waals surface area contributed by atoms with Gasteiger partial charge < -0.3 is 14.4 Å². The molecule has 0 unspecified atom stereocenters. The maximum absolute atomic E-state index is 13.3. The fourth-order valence-corrected chi connectivity index (χ4v) is 7.18. The van der Waals surface area contributed by atoms with Crippen molar-refractivity contribution in [2.75, 3.05) is 40.4 Å². The Balaban J connectivity index is 1.46. The standard InChI is InChI=1S/C23H30N2O5S2/c1-29-18-9-10-19(30-2)22(16-18)32(27,28)25-13-11-24(12-14-25)23(26)21-15-17-7-5-3-4-6-8-20(17)31-21/h9-10,15-16H,3-8,11-14H2,1-2H3. The van der Waals surface area contributed by atoms with Crippen LogP contribution in [0.15, 0.2) is 29.2 Å². The van der Waals surface area contributed by atoms with Crippen molar-refractivity contribution in [3.8, 4) is 11.5 Å². The molecule has 0 saturated carbocycles. The Hall–Kier alpha value is -2.10. The van der Waals surface area contributed by atoms with Crippen molar-refractivity contribution in [2.45, 2.75) is 43.4 Å². The lowest BCUT2D eigenvalue weighted by atomic mass is 10.00. The van der Waals surface area contributed by atoms with Gasteiger partial charge in [-0.2, -0.15) is 4.31 Å². The molecule has 1 fully saturated rings. The van der Waals surface area contributed by atoms with Crippen LogP contribution >= 0.6 is 11.3 Å². The molecule has 0 N–H and O–H groups in total. The van der Waals surface area contributed by atoms with E-state index in [0.717, 1.165) is 17.7 Å². The number of hydrogen-bond acceptors (Lipinski definition) is 6. The number of sulfonamides is 1. The van der Waals surface area contributed by atoms with Crippen LogP contribution in [0.5, 0.6) is 11.5 Å². The second kappa shape index (κ2) is 9.80. The Morgan fingerprint density at radius 2 is 1.66 bits per heavy atom. The van der Waals surface area contributed by atoms with E-state index in [1.807, 2.05) is 0 Å². The Labute approximate surface area is 194 Å². The fraction of sp³-hybridized carbons (Fsp3) is 0.522. The molecule has 174 valence electrons. The average molecular weight is 479 g/mol. The molecule has 2 aliphatic rings. The second-order valence-electron chi connectivity index (χ2n) is 8.19. The summed E-state index contributed by atoms with van der Waals surface area (Å²) in [5.41, 5.74) is 1.32. The van der Waals surface area contributed by atoms with Crippen molar-refractivity contribution in [1.29, 1.82) is 0 Å². The highest BCUT2D eigenvalue weighted by atomic mass is 32.2. The Morgan fingerprint density at radius 1 is 0.938 bits per heavy atom. The van der Waals surface area contributed by atoms with Crippen LogP contribution in [0.1, 0.15) is 45.8 Å².